The molecule has 0 amide bonds. The highest BCUT2D eigenvalue weighted by Crippen LogP contribution is 2.28. The second-order valence-electron chi connectivity index (χ2n) is 4.99. The highest BCUT2D eigenvalue weighted by atomic mass is 35.5. The Hall–Kier alpha value is -1.36. The van der Waals surface area contributed by atoms with Crippen molar-refractivity contribution in [2.45, 2.75) is 39.8 Å². The molecule has 0 radical (unpaired) electrons. The summed E-state index contributed by atoms with van der Waals surface area (Å²) in [7, 11) is 0. The summed E-state index contributed by atoms with van der Waals surface area (Å²) >= 11 is 6.39. The van der Waals surface area contributed by atoms with E-state index in [2.05, 4.69) is 23.5 Å². The molecule has 0 saturated heterocycles. The van der Waals surface area contributed by atoms with Gasteiger partial charge in [0.05, 0.1) is 11.7 Å². The molecule has 2 rings (SSSR count). The van der Waals surface area contributed by atoms with Gasteiger partial charge in [0, 0.05) is 23.7 Å². The molecular weight excluding hydrogens is 272 g/mol. The number of aromatic nitrogens is 2. The van der Waals surface area contributed by atoms with E-state index in [1.807, 2.05) is 36.7 Å². The van der Waals surface area contributed by atoms with Gasteiger partial charge >= 0.3 is 0 Å². The second-order valence-corrected chi connectivity index (χ2v) is 5.37. The quantitative estimate of drug-likeness (QED) is 0.658. The fraction of sp³-hybridized carbons (Fsp3) is 0.400. The molecule has 1 atom stereocenters. The topological polar surface area (TPSA) is 55.9 Å². The van der Waals surface area contributed by atoms with Crippen molar-refractivity contribution in [3.05, 3.63) is 51.8 Å². The number of benzene rings is 1. The normalized spacial score (nSPS) is 12.7. The number of rotatable bonds is 5. The molecule has 2 aromatic rings. The van der Waals surface area contributed by atoms with Crippen LogP contribution in [0.25, 0.3) is 0 Å². The zero-order valence-corrected chi connectivity index (χ0v) is 12.9. The molecule has 20 heavy (non-hydrogen) atoms. The van der Waals surface area contributed by atoms with Gasteiger partial charge < -0.3 is 0 Å². The number of nitrogens with two attached hydrogens (primary N) is 1. The van der Waals surface area contributed by atoms with E-state index in [-0.39, 0.29) is 6.04 Å². The molecular formula is C15H21ClN4. The van der Waals surface area contributed by atoms with E-state index >= 15 is 0 Å². The smallest absolute Gasteiger partial charge is 0.0596 e. The minimum atomic E-state index is -0.0243. The van der Waals surface area contributed by atoms with E-state index in [0.717, 1.165) is 40.5 Å². The van der Waals surface area contributed by atoms with Crippen molar-refractivity contribution >= 4 is 11.6 Å². The van der Waals surface area contributed by atoms with Crippen molar-refractivity contribution < 1.29 is 0 Å². The predicted octanol–water partition coefficient (Wildman–Crippen LogP) is 2.92. The van der Waals surface area contributed by atoms with Gasteiger partial charge in [-0.25, -0.2) is 0 Å². The summed E-state index contributed by atoms with van der Waals surface area (Å²) in [6.45, 7) is 6.93. The van der Waals surface area contributed by atoms with Gasteiger partial charge in [0.15, 0.2) is 0 Å². The van der Waals surface area contributed by atoms with Crippen LogP contribution in [0.5, 0.6) is 0 Å². The summed E-state index contributed by atoms with van der Waals surface area (Å²) < 4.78 is 2.00. The lowest BCUT2D eigenvalue weighted by Gasteiger charge is -2.19. The molecule has 1 heterocycles. The molecule has 0 aliphatic rings. The van der Waals surface area contributed by atoms with Gasteiger partial charge in [0.1, 0.15) is 0 Å². The molecule has 1 unspecified atom stereocenters. The predicted molar refractivity (Wildman–Crippen MR) is 82.6 cm³/mol. The molecule has 5 heteroatoms. The van der Waals surface area contributed by atoms with Crippen molar-refractivity contribution in [3.8, 4) is 0 Å². The number of aryl methyl sites for hydroxylation is 3. The summed E-state index contributed by atoms with van der Waals surface area (Å²) in [5.74, 6) is 5.73. The molecule has 108 valence electrons. The van der Waals surface area contributed by atoms with E-state index in [1.54, 1.807) is 0 Å². The van der Waals surface area contributed by atoms with Crippen molar-refractivity contribution in [1.29, 1.82) is 0 Å². The summed E-state index contributed by atoms with van der Waals surface area (Å²) in [6.07, 6.45) is 0.758. The number of hydrazine groups is 1. The van der Waals surface area contributed by atoms with Crippen molar-refractivity contribution in [2.24, 2.45) is 5.84 Å². The number of nitrogens with zero attached hydrogens (tertiary/aromatic N) is 2. The van der Waals surface area contributed by atoms with E-state index in [0.29, 0.717) is 0 Å². The number of nitrogens with one attached hydrogen (secondary N) is 1. The molecule has 0 aliphatic heterocycles. The molecule has 3 N–H and O–H groups in total. The van der Waals surface area contributed by atoms with Crippen LogP contribution in [0, 0.1) is 13.8 Å². The van der Waals surface area contributed by atoms with E-state index < -0.39 is 0 Å². The average molecular weight is 293 g/mol. The first-order valence-electron chi connectivity index (χ1n) is 6.81. The lowest BCUT2D eigenvalue weighted by molar-refractivity contribution is 0.517. The number of halogens is 1. The van der Waals surface area contributed by atoms with Crippen LogP contribution in [-0.4, -0.2) is 9.78 Å². The Labute approximate surface area is 124 Å². The minimum Gasteiger partial charge on any atom is -0.271 e. The van der Waals surface area contributed by atoms with E-state index in [9.17, 15) is 0 Å². The van der Waals surface area contributed by atoms with Gasteiger partial charge in [-0.15, -0.1) is 0 Å². The molecule has 0 aliphatic carbocycles. The molecule has 0 fully saturated rings. The van der Waals surface area contributed by atoms with Crippen LogP contribution in [0.4, 0.5) is 0 Å². The molecule has 1 aromatic carbocycles. The zero-order valence-electron chi connectivity index (χ0n) is 12.2. The van der Waals surface area contributed by atoms with Gasteiger partial charge in [0.25, 0.3) is 0 Å². The maximum absolute atomic E-state index is 6.39. The summed E-state index contributed by atoms with van der Waals surface area (Å²) in [5, 5.41) is 5.24. The lowest BCUT2D eigenvalue weighted by Crippen LogP contribution is -2.30. The van der Waals surface area contributed by atoms with Crippen LogP contribution in [0.3, 0.4) is 0 Å². The summed E-state index contributed by atoms with van der Waals surface area (Å²) in [6, 6.07) is 8.09. The molecule has 0 bridgehead atoms. The standard InChI is InChI=1S/C15H21ClN4/c1-4-20-12(8-11(3)19-20)9-14(18-17)13-7-5-6-10(2)15(13)16/h5-8,14,18H,4,9,17H2,1-3H3. The van der Waals surface area contributed by atoms with Gasteiger partial charge in [-0.3, -0.25) is 16.0 Å². The largest absolute Gasteiger partial charge is 0.271 e. The van der Waals surface area contributed by atoms with Crippen molar-refractivity contribution in [2.75, 3.05) is 0 Å². The van der Waals surface area contributed by atoms with Crippen LogP contribution in [0.1, 0.15) is 35.5 Å². The lowest BCUT2D eigenvalue weighted by atomic mass is 10.0. The Morgan fingerprint density at radius 2 is 2.15 bits per heavy atom. The maximum Gasteiger partial charge on any atom is 0.0596 e. The van der Waals surface area contributed by atoms with Crippen molar-refractivity contribution in [3.63, 3.8) is 0 Å². The molecule has 4 nitrogen and oxygen atoms in total. The third-order valence-electron chi connectivity index (χ3n) is 3.50. The number of hydrogen-bond donors (Lipinski definition) is 2. The Kier molecular flexibility index (Phi) is 4.81. The summed E-state index contributed by atoms with van der Waals surface area (Å²) in [5.41, 5.74) is 7.13. The Morgan fingerprint density at radius 3 is 2.80 bits per heavy atom. The van der Waals surface area contributed by atoms with Crippen LogP contribution in [0.2, 0.25) is 5.02 Å². The fourth-order valence-electron chi connectivity index (χ4n) is 2.44. The van der Waals surface area contributed by atoms with Gasteiger partial charge in [-0.1, -0.05) is 29.8 Å². The Balaban J connectivity index is 2.31. The minimum absolute atomic E-state index is 0.0243. The Morgan fingerprint density at radius 1 is 1.40 bits per heavy atom. The van der Waals surface area contributed by atoms with E-state index in [1.165, 1.54) is 0 Å². The SMILES string of the molecule is CCn1nc(C)cc1CC(NN)c1cccc(C)c1Cl. The third-order valence-corrected chi connectivity index (χ3v) is 4.01. The Bertz CT molecular complexity index is 592. The van der Waals surface area contributed by atoms with Crippen LogP contribution < -0.4 is 11.3 Å². The average Bonchev–Trinajstić information content (AvgIpc) is 2.79. The number of hydrogen-bond acceptors (Lipinski definition) is 3. The van der Waals surface area contributed by atoms with Crippen LogP contribution >= 0.6 is 11.6 Å². The zero-order chi connectivity index (χ0) is 14.7. The molecule has 1 aromatic heterocycles. The summed E-state index contributed by atoms with van der Waals surface area (Å²) in [4.78, 5) is 0. The third kappa shape index (κ3) is 3.03. The van der Waals surface area contributed by atoms with Crippen LogP contribution in [0.15, 0.2) is 24.3 Å². The van der Waals surface area contributed by atoms with Gasteiger partial charge in [-0.2, -0.15) is 5.10 Å². The molecule has 0 spiro atoms. The first-order valence-corrected chi connectivity index (χ1v) is 7.19. The van der Waals surface area contributed by atoms with Crippen LogP contribution in [-0.2, 0) is 13.0 Å². The monoisotopic (exact) mass is 292 g/mol. The first kappa shape index (κ1) is 15.0. The highest BCUT2D eigenvalue weighted by Gasteiger charge is 2.17. The van der Waals surface area contributed by atoms with E-state index in [4.69, 9.17) is 17.4 Å². The highest BCUT2D eigenvalue weighted by molar-refractivity contribution is 6.32. The van der Waals surface area contributed by atoms with Crippen molar-refractivity contribution in [1.82, 2.24) is 15.2 Å². The van der Waals surface area contributed by atoms with Gasteiger partial charge in [0.2, 0.25) is 0 Å². The second kappa shape index (κ2) is 6.39. The fourth-order valence-corrected chi connectivity index (χ4v) is 2.70. The first-order chi connectivity index (χ1) is 9.56. The molecule has 0 saturated carbocycles. The maximum atomic E-state index is 6.39. The van der Waals surface area contributed by atoms with Gasteiger partial charge in [-0.05, 0) is 38.0 Å².